The summed E-state index contributed by atoms with van der Waals surface area (Å²) in [6, 6.07) is 39.3. The highest BCUT2D eigenvalue weighted by Crippen LogP contribution is 2.10. The highest BCUT2D eigenvalue weighted by Gasteiger charge is 2.12. The van der Waals surface area contributed by atoms with Crippen LogP contribution in [0.15, 0.2) is 141 Å². The first kappa shape index (κ1) is 25.3. The number of rotatable bonds is 6. The first-order valence-corrected chi connectivity index (χ1v) is 12.1. The Balaban J connectivity index is 1.73. The molecule has 0 saturated carbocycles. The van der Waals surface area contributed by atoms with Crippen LogP contribution in [0, 0.1) is 0 Å². The zero-order valence-corrected chi connectivity index (χ0v) is 21.0. The lowest BCUT2D eigenvalue weighted by molar-refractivity contribution is 0.789. The predicted molar refractivity (Wildman–Crippen MR) is 155 cm³/mol. The zero-order chi connectivity index (χ0) is 25.9. The van der Waals surface area contributed by atoms with E-state index in [4.69, 9.17) is 20.7 Å². The minimum absolute atomic E-state index is 0.394. The van der Waals surface area contributed by atoms with Gasteiger partial charge in [-0.25, -0.2) is 15.0 Å². The summed E-state index contributed by atoms with van der Waals surface area (Å²) in [6.45, 7) is 1.92. The summed E-state index contributed by atoms with van der Waals surface area (Å²) in [5.74, 6) is 2.28. The molecule has 0 saturated heterocycles. The van der Waals surface area contributed by atoms with Gasteiger partial charge in [0.1, 0.15) is 23.7 Å². The number of amidine groups is 4. The van der Waals surface area contributed by atoms with E-state index in [1.165, 1.54) is 0 Å². The molecule has 6 nitrogen and oxygen atoms in total. The van der Waals surface area contributed by atoms with Gasteiger partial charge in [0, 0.05) is 29.3 Å². The van der Waals surface area contributed by atoms with E-state index >= 15 is 0 Å². The third-order valence-corrected chi connectivity index (χ3v) is 5.51. The molecular formula is C31H30N6. The second kappa shape index (κ2) is 12.7. The van der Waals surface area contributed by atoms with Crippen LogP contribution in [0.2, 0.25) is 0 Å². The molecule has 0 spiro atoms. The van der Waals surface area contributed by atoms with E-state index in [-0.39, 0.29) is 0 Å². The molecule has 37 heavy (non-hydrogen) atoms. The molecule has 4 aromatic carbocycles. The van der Waals surface area contributed by atoms with Gasteiger partial charge in [-0.2, -0.15) is 0 Å². The van der Waals surface area contributed by atoms with Gasteiger partial charge in [-0.1, -0.05) is 121 Å². The van der Waals surface area contributed by atoms with Gasteiger partial charge >= 0.3 is 0 Å². The van der Waals surface area contributed by atoms with E-state index in [0.29, 0.717) is 23.3 Å². The van der Waals surface area contributed by atoms with E-state index in [2.05, 4.69) is 10.3 Å². The molecule has 0 amide bonds. The van der Waals surface area contributed by atoms with Crippen LogP contribution < -0.4 is 11.1 Å². The Morgan fingerprint density at radius 1 is 0.595 bits per heavy atom. The standard InChI is InChI=1S/C31H30N6/c1-23(34-30(26-19-11-5-12-20-26)36-28(32)24-15-7-3-8-16-24)35-31(27-21-13-6-14-22-27)37-29(33-2)25-17-9-4-10-18-25/h3-23H,1-2H3,(H2,32,34,36)(H,33,35,37). The first-order chi connectivity index (χ1) is 18.1. The van der Waals surface area contributed by atoms with Crippen molar-refractivity contribution in [2.45, 2.75) is 13.1 Å². The van der Waals surface area contributed by atoms with Crippen molar-refractivity contribution in [3.8, 4) is 0 Å². The molecule has 0 fully saturated rings. The van der Waals surface area contributed by atoms with Gasteiger partial charge < -0.3 is 11.1 Å². The Labute approximate surface area is 218 Å². The number of nitrogens with zero attached hydrogens (tertiary/aromatic N) is 4. The second-order valence-electron chi connectivity index (χ2n) is 8.22. The zero-order valence-electron chi connectivity index (χ0n) is 21.0. The molecule has 0 aliphatic heterocycles. The lowest BCUT2D eigenvalue weighted by atomic mass is 10.1. The molecule has 4 aromatic rings. The van der Waals surface area contributed by atoms with Crippen molar-refractivity contribution >= 4 is 23.3 Å². The highest BCUT2D eigenvalue weighted by molar-refractivity contribution is 6.15. The Bertz CT molecular complexity index is 1390. The number of hydrogen-bond acceptors (Lipinski definition) is 3. The number of benzene rings is 4. The van der Waals surface area contributed by atoms with Crippen molar-refractivity contribution in [2.75, 3.05) is 7.05 Å². The minimum Gasteiger partial charge on any atom is -0.383 e. The maximum absolute atomic E-state index is 6.35. The quantitative estimate of drug-likeness (QED) is 0.286. The summed E-state index contributed by atoms with van der Waals surface area (Å²) >= 11 is 0. The Hall–Kier alpha value is -4.84. The molecule has 3 N–H and O–H groups in total. The lowest BCUT2D eigenvalue weighted by Crippen LogP contribution is -2.33. The van der Waals surface area contributed by atoms with Crippen molar-refractivity contribution in [2.24, 2.45) is 25.7 Å². The maximum Gasteiger partial charge on any atom is 0.159 e. The van der Waals surface area contributed by atoms with E-state index in [0.717, 1.165) is 22.3 Å². The normalized spacial score (nSPS) is 13.8. The average Bonchev–Trinajstić information content (AvgIpc) is 2.96. The molecule has 1 atom stereocenters. The molecule has 6 heteroatoms. The van der Waals surface area contributed by atoms with Crippen LogP contribution in [-0.2, 0) is 0 Å². The second-order valence-corrected chi connectivity index (χ2v) is 8.22. The van der Waals surface area contributed by atoms with E-state index in [1.807, 2.05) is 128 Å². The third kappa shape index (κ3) is 7.08. The number of hydrogen-bond donors (Lipinski definition) is 2. The van der Waals surface area contributed by atoms with Crippen molar-refractivity contribution in [3.05, 3.63) is 144 Å². The molecule has 0 heterocycles. The van der Waals surface area contributed by atoms with Gasteiger partial charge in [0.25, 0.3) is 0 Å². The third-order valence-electron chi connectivity index (χ3n) is 5.51. The van der Waals surface area contributed by atoms with Crippen LogP contribution >= 0.6 is 0 Å². The van der Waals surface area contributed by atoms with E-state index in [1.54, 1.807) is 7.05 Å². The summed E-state index contributed by atoms with van der Waals surface area (Å²) in [5.41, 5.74) is 9.94. The Morgan fingerprint density at radius 2 is 1.03 bits per heavy atom. The van der Waals surface area contributed by atoms with Crippen LogP contribution in [0.4, 0.5) is 0 Å². The predicted octanol–water partition coefficient (Wildman–Crippen LogP) is 5.30. The van der Waals surface area contributed by atoms with Crippen LogP contribution in [0.25, 0.3) is 0 Å². The van der Waals surface area contributed by atoms with Gasteiger partial charge in [-0.05, 0) is 6.92 Å². The molecule has 184 valence electrons. The van der Waals surface area contributed by atoms with Crippen LogP contribution in [0.3, 0.4) is 0 Å². The Kier molecular flexibility index (Phi) is 8.70. The SMILES string of the molecule is CN=C(NC(=NC(C)N=C(N=C(N)c1ccccc1)c1ccccc1)c1ccccc1)c1ccccc1. The molecular weight excluding hydrogens is 456 g/mol. The Morgan fingerprint density at radius 3 is 1.51 bits per heavy atom. The highest BCUT2D eigenvalue weighted by atomic mass is 15.1. The van der Waals surface area contributed by atoms with Crippen molar-refractivity contribution < 1.29 is 0 Å². The van der Waals surface area contributed by atoms with Gasteiger partial charge in [-0.3, -0.25) is 4.99 Å². The summed E-state index contributed by atoms with van der Waals surface area (Å²) in [7, 11) is 1.76. The summed E-state index contributed by atoms with van der Waals surface area (Å²) in [5, 5.41) is 3.42. The van der Waals surface area contributed by atoms with E-state index in [9.17, 15) is 0 Å². The number of nitrogens with two attached hydrogens (primary N) is 1. The fraction of sp³-hybridized carbons (Fsp3) is 0.0968. The molecule has 0 aliphatic rings. The number of nitrogens with one attached hydrogen (secondary N) is 1. The fourth-order valence-electron chi connectivity index (χ4n) is 3.68. The topological polar surface area (TPSA) is 87.5 Å². The summed E-state index contributed by atoms with van der Waals surface area (Å²) in [6.07, 6.45) is -0.459. The molecule has 4 rings (SSSR count). The van der Waals surface area contributed by atoms with Gasteiger partial charge in [0.05, 0.1) is 0 Å². The van der Waals surface area contributed by atoms with Crippen molar-refractivity contribution in [3.63, 3.8) is 0 Å². The summed E-state index contributed by atoms with van der Waals surface area (Å²) < 4.78 is 0. The molecule has 0 aliphatic carbocycles. The average molecular weight is 487 g/mol. The largest absolute Gasteiger partial charge is 0.383 e. The van der Waals surface area contributed by atoms with Gasteiger partial charge in [-0.15, -0.1) is 0 Å². The first-order valence-electron chi connectivity index (χ1n) is 12.1. The molecule has 0 aromatic heterocycles. The molecule has 1 unspecified atom stereocenters. The lowest BCUT2D eigenvalue weighted by Gasteiger charge is -2.15. The fourth-order valence-corrected chi connectivity index (χ4v) is 3.68. The number of aliphatic imine (C=N–C) groups is 4. The van der Waals surface area contributed by atoms with Crippen molar-refractivity contribution in [1.82, 2.24) is 5.32 Å². The van der Waals surface area contributed by atoms with Gasteiger partial charge in [0.2, 0.25) is 0 Å². The van der Waals surface area contributed by atoms with E-state index < -0.39 is 6.17 Å². The smallest absolute Gasteiger partial charge is 0.159 e. The minimum atomic E-state index is -0.459. The van der Waals surface area contributed by atoms with Crippen molar-refractivity contribution in [1.29, 1.82) is 0 Å². The molecule has 0 bridgehead atoms. The van der Waals surface area contributed by atoms with Gasteiger partial charge in [0.15, 0.2) is 5.84 Å². The summed E-state index contributed by atoms with van der Waals surface area (Å²) in [4.78, 5) is 19.0. The maximum atomic E-state index is 6.35. The van der Waals surface area contributed by atoms with Crippen LogP contribution in [-0.4, -0.2) is 36.6 Å². The van der Waals surface area contributed by atoms with Crippen LogP contribution in [0.5, 0.6) is 0 Å². The van der Waals surface area contributed by atoms with Crippen LogP contribution in [0.1, 0.15) is 29.2 Å². The molecule has 0 radical (unpaired) electrons. The monoisotopic (exact) mass is 486 g/mol.